The zero-order chi connectivity index (χ0) is 9.26. The second-order valence-electron chi connectivity index (χ2n) is 4.02. The maximum Gasteiger partial charge on any atom is 0.111 e. The molecule has 0 aliphatic heterocycles. The normalized spacial score (nSPS) is 29.1. The van der Waals surface area contributed by atoms with Gasteiger partial charge < -0.3 is 10.3 Å². The van der Waals surface area contributed by atoms with Crippen LogP contribution in [0.2, 0.25) is 0 Å². The molecule has 3 heteroatoms. The minimum atomic E-state index is 0.385. The zero-order valence-corrected chi connectivity index (χ0v) is 8.11. The Morgan fingerprint density at radius 3 is 3.00 bits per heavy atom. The van der Waals surface area contributed by atoms with Crippen LogP contribution in [0.3, 0.4) is 0 Å². The molecule has 3 nitrogen and oxygen atoms in total. The first kappa shape index (κ1) is 8.75. The van der Waals surface area contributed by atoms with Gasteiger partial charge in [0.05, 0.1) is 0 Å². The summed E-state index contributed by atoms with van der Waals surface area (Å²) in [5.74, 6) is 1.79. The topological polar surface area (TPSA) is 43.8 Å². The summed E-state index contributed by atoms with van der Waals surface area (Å²) in [5.41, 5.74) is 5.94. The van der Waals surface area contributed by atoms with Crippen molar-refractivity contribution in [3.8, 4) is 0 Å². The molecule has 1 fully saturated rings. The van der Waals surface area contributed by atoms with Crippen molar-refractivity contribution in [3.63, 3.8) is 0 Å². The van der Waals surface area contributed by atoms with Gasteiger partial charge in [0, 0.05) is 31.4 Å². The highest BCUT2D eigenvalue weighted by atomic mass is 15.0. The van der Waals surface area contributed by atoms with Crippen molar-refractivity contribution in [1.82, 2.24) is 9.55 Å². The summed E-state index contributed by atoms with van der Waals surface area (Å²) in [7, 11) is 2.06. The van der Waals surface area contributed by atoms with E-state index in [1.54, 1.807) is 0 Å². The molecule has 1 saturated carbocycles. The van der Waals surface area contributed by atoms with Crippen LogP contribution >= 0.6 is 0 Å². The molecule has 1 aliphatic rings. The van der Waals surface area contributed by atoms with Crippen LogP contribution in [-0.2, 0) is 7.05 Å². The monoisotopic (exact) mass is 179 g/mol. The van der Waals surface area contributed by atoms with Crippen molar-refractivity contribution < 1.29 is 0 Å². The minimum Gasteiger partial charge on any atom is -0.338 e. The highest BCUT2D eigenvalue weighted by Gasteiger charge is 2.23. The van der Waals surface area contributed by atoms with Crippen molar-refractivity contribution >= 4 is 0 Å². The summed E-state index contributed by atoms with van der Waals surface area (Å²) in [4.78, 5) is 4.38. The lowest BCUT2D eigenvalue weighted by Crippen LogP contribution is -2.27. The van der Waals surface area contributed by atoms with Gasteiger partial charge in [-0.3, -0.25) is 0 Å². The molecule has 13 heavy (non-hydrogen) atoms. The third-order valence-corrected chi connectivity index (χ3v) is 2.94. The highest BCUT2D eigenvalue weighted by molar-refractivity contribution is 5.02. The SMILES string of the molecule is Cn1ccnc1[C@@H]1CCC[C@H](N)C1. The van der Waals surface area contributed by atoms with Crippen LogP contribution in [0.5, 0.6) is 0 Å². The zero-order valence-electron chi connectivity index (χ0n) is 8.11. The van der Waals surface area contributed by atoms with Gasteiger partial charge in [0.25, 0.3) is 0 Å². The number of aryl methyl sites for hydroxylation is 1. The number of imidazole rings is 1. The Morgan fingerprint density at radius 2 is 2.38 bits per heavy atom. The Balaban J connectivity index is 2.12. The summed E-state index contributed by atoms with van der Waals surface area (Å²) in [6.45, 7) is 0. The van der Waals surface area contributed by atoms with Gasteiger partial charge in [-0.15, -0.1) is 0 Å². The highest BCUT2D eigenvalue weighted by Crippen LogP contribution is 2.30. The fourth-order valence-corrected chi connectivity index (χ4v) is 2.23. The number of aromatic nitrogens is 2. The lowest BCUT2D eigenvalue weighted by atomic mass is 9.85. The fraction of sp³-hybridized carbons (Fsp3) is 0.700. The first-order valence-electron chi connectivity index (χ1n) is 5.00. The van der Waals surface area contributed by atoms with E-state index in [1.165, 1.54) is 25.1 Å². The maximum atomic E-state index is 5.94. The molecule has 1 aromatic heterocycles. The lowest BCUT2D eigenvalue weighted by molar-refractivity contribution is 0.377. The summed E-state index contributed by atoms with van der Waals surface area (Å²) >= 11 is 0. The summed E-state index contributed by atoms with van der Waals surface area (Å²) in [5, 5.41) is 0. The number of nitrogens with two attached hydrogens (primary N) is 1. The van der Waals surface area contributed by atoms with Crippen molar-refractivity contribution in [1.29, 1.82) is 0 Å². The molecule has 1 aromatic rings. The summed E-state index contributed by atoms with van der Waals surface area (Å²) in [6, 6.07) is 0.385. The molecule has 1 heterocycles. The van der Waals surface area contributed by atoms with E-state index >= 15 is 0 Å². The second-order valence-corrected chi connectivity index (χ2v) is 4.02. The predicted molar refractivity (Wildman–Crippen MR) is 52.4 cm³/mol. The number of nitrogens with zero attached hydrogens (tertiary/aromatic N) is 2. The van der Waals surface area contributed by atoms with Gasteiger partial charge in [-0.25, -0.2) is 4.98 Å². The average Bonchev–Trinajstić information content (AvgIpc) is 2.51. The van der Waals surface area contributed by atoms with Gasteiger partial charge in [-0.05, 0) is 19.3 Å². The molecule has 72 valence electrons. The van der Waals surface area contributed by atoms with Crippen LogP contribution in [0.1, 0.15) is 37.4 Å². The summed E-state index contributed by atoms with van der Waals surface area (Å²) in [6.07, 6.45) is 8.66. The molecule has 0 bridgehead atoms. The Labute approximate surface area is 79.0 Å². The van der Waals surface area contributed by atoms with E-state index in [-0.39, 0.29) is 0 Å². The van der Waals surface area contributed by atoms with Gasteiger partial charge >= 0.3 is 0 Å². The van der Waals surface area contributed by atoms with Gasteiger partial charge in [-0.1, -0.05) is 6.42 Å². The molecule has 0 aromatic carbocycles. The van der Waals surface area contributed by atoms with Gasteiger partial charge in [0.15, 0.2) is 0 Å². The van der Waals surface area contributed by atoms with Gasteiger partial charge in [0.2, 0.25) is 0 Å². The molecule has 0 saturated heterocycles. The molecule has 0 spiro atoms. The second kappa shape index (κ2) is 3.50. The van der Waals surface area contributed by atoms with E-state index in [0.29, 0.717) is 12.0 Å². The first-order chi connectivity index (χ1) is 6.27. The molecular formula is C10H17N3. The predicted octanol–water partition coefficient (Wildman–Crippen LogP) is 1.41. The van der Waals surface area contributed by atoms with Gasteiger partial charge in [-0.2, -0.15) is 0 Å². The van der Waals surface area contributed by atoms with E-state index in [2.05, 4.69) is 16.6 Å². The Kier molecular flexibility index (Phi) is 2.36. The standard InChI is InChI=1S/C10H17N3/c1-13-6-5-12-10(13)8-3-2-4-9(11)7-8/h5-6,8-9H,2-4,7,11H2,1H3/t8-,9+/m1/s1. The molecule has 0 radical (unpaired) electrons. The van der Waals surface area contributed by atoms with Crippen LogP contribution in [0.4, 0.5) is 0 Å². The number of rotatable bonds is 1. The molecule has 2 rings (SSSR count). The number of hydrogen-bond donors (Lipinski definition) is 1. The van der Waals surface area contributed by atoms with E-state index in [1.807, 2.05) is 12.4 Å². The lowest BCUT2D eigenvalue weighted by Gasteiger charge is -2.25. The molecule has 0 amide bonds. The quantitative estimate of drug-likeness (QED) is 0.708. The first-order valence-corrected chi connectivity index (χ1v) is 5.00. The third-order valence-electron chi connectivity index (χ3n) is 2.94. The molecule has 2 atom stereocenters. The van der Waals surface area contributed by atoms with Crippen molar-refractivity contribution in [2.45, 2.75) is 37.6 Å². The summed E-state index contributed by atoms with van der Waals surface area (Å²) < 4.78 is 2.11. The minimum absolute atomic E-state index is 0.385. The molecule has 0 unspecified atom stereocenters. The molecule has 1 aliphatic carbocycles. The fourth-order valence-electron chi connectivity index (χ4n) is 2.23. The van der Waals surface area contributed by atoms with Gasteiger partial charge in [0.1, 0.15) is 5.82 Å². The molecule has 2 N–H and O–H groups in total. The van der Waals surface area contributed by atoms with Crippen LogP contribution in [0.25, 0.3) is 0 Å². The van der Waals surface area contributed by atoms with Crippen molar-refractivity contribution in [2.24, 2.45) is 12.8 Å². The van der Waals surface area contributed by atoms with Crippen molar-refractivity contribution in [3.05, 3.63) is 18.2 Å². The van der Waals surface area contributed by atoms with E-state index in [4.69, 9.17) is 5.73 Å². The van der Waals surface area contributed by atoms with Crippen molar-refractivity contribution in [2.75, 3.05) is 0 Å². The largest absolute Gasteiger partial charge is 0.338 e. The van der Waals surface area contributed by atoms with E-state index < -0.39 is 0 Å². The maximum absolute atomic E-state index is 5.94. The van der Waals surface area contributed by atoms with Crippen LogP contribution in [0.15, 0.2) is 12.4 Å². The van der Waals surface area contributed by atoms with E-state index in [0.717, 1.165) is 6.42 Å². The Hall–Kier alpha value is -0.830. The third kappa shape index (κ3) is 1.75. The molecular weight excluding hydrogens is 162 g/mol. The van der Waals surface area contributed by atoms with Crippen LogP contribution < -0.4 is 5.73 Å². The smallest absolute Gasteiger partial charge is 0.111 e. The van der Waals surface area contributed by atoms with Crippen LogP contribution in [0, 0.1) is 0 Å². The van der Waals surface area contributed by atoms with Crippen LogP contribution in [-0.4, -0.2) is 15.6 Å². The Bertz CT molecular complexity index is 279. The number of hydrogen-bond acceptors (Lipinski definition) is 2. The average molecular weight is 179 g/mol. The Morgan fingerprint density at radius 1 is 1.54 bits per heavy atom. The van der Waals surface area contributed by atoms with E-state index in [9.17, 15) is 0 Å².